The van der Waals surface area contributed by atoms with Crippen LogP contribution in [-0.2, 0) is 12.7 Å². The molecule has 1 amide bonds. The lowest BCUT2D eigenvalue weighted by molar-refractivity contribution is -0.141. The lowest BCUT2D eigenvalue weighted by atomic mass is 10.2. The van der Waals surface area contributed by atoms with E-state index >= 15 is 0 Å². The molecule has 34 heavy (non-hydrogen) atoms. The van der Waals surface area contributed by atoms with Crippen molar-refractivity contribution in [2.45, 2.75) is 26.6 Å². The maximum absolute atomic E-state index is 13.8. The van der Waals surface area contributed by atoms with E-state index < -0.39 is 23.6 Å². The Morgan fingerprint density at radius 3 is 2.44 bits per heavy atom. The number of guanidine groups is 1. The maximum Gasteiger partial charge on any atom is 0.435 e. The van der Waals surface area contributed by atoms with Crippen molar-refractivity contribution in [3.63, 3.8) is 0 Å². The van der Waals surface area contributed by atoms with Gasteiger partial charge in [-0.1, -0.05) is 11.6 Å². The predicted octanol–water partition coefficient (Wildman–Crippen LogP) is 5.56. The maximum atomic E-state index is 13.8. The Kier molecular flexibility index (Phi) is 7.45. The van der Waals surface area contributed by atoms with Crippen molar-refractivity contribution in [2.75, 3.05) is 12.4 Å². The Labute approximate surface area is 197 Å². The van der Waals surface area contributed by atoms with E-state index in [-0.39, 0.29) is 40.2 Å². The number of hydrogen-bond donors (Lipinski definition) is 2. The second kappa shape index (κ2) is 10.1. The molecule has 3 aromatic rings. The fourth-order valence-electron chi connectivity index (χ4n) is 3.05. The standard InChI is InChI=1S/C22H20ClF4N5O2/c1-4-32-19(12(2)18(31-32)22(25,26)27)29-21(28-16-10-14(23)9-15(24)11-16)30-20(33)13-5-7-17(34-3)8-6-13/h5-11H,4H2,1-3H3,(H2,28,29,30,33). The van der Waals surface area contributed by atoms with E-state index in [1.807, 2.05) is 0 Å². The molecule has 0 aliphatic heterocycles. The van der Waals surface area contributed by atoms with Gasteiger partial charge in [0.2, 0.25) is 5.96 Å². The summed E-state index contributed by atoms with van der Waals surface area (Å²) >= 11 is 5.89. The number of nitrogens with one attached hydrogen (secondary N) is 2. The molecule has 0 spiro atoms. The van der Waals surface area contributed by atoms with Crippen LogP contribution in [0.3, 0.4) is 0 Å². The van der Waals surface area contributed by atoms with Crippen molar-refractivity contribution >= 4 is 35.0 Å². The molecular formula is C22H20ClF4N5O2. The first-order chi connectivity index (χ1) is 16.0. The molecule has 12 heteroatoms. The highest BCUT2D eigenvalue weighted by Gasteiger charge is 2.37. The van der Waals surface area contributed by atoms with E-state index in [1.165, 1.54) is 32.2 Å². The first kappa shape index (κ1) is 25.0. The van der Waals surface area contributed by atoms with Gasteiger partial charge in [0, 0.05) is 28.4 Å². The molecule has 0 aliphatic carbocycles. The molecule has 0 saturated heterocycles. The normalized spacial score (nSPS) is 11.9. The van der Waals surface area contributed by atoms with E-state index in [0.717, 1.165) is 16.8 Å². The van der Waals surface area contributed by atoms with Crippen molar-refractivity contribution in [3.05, 3.63) is 70.1 Å². The second-order valence-electron chi connectivity index (χ2n) is 7.04. The van der Waals surface area contributed by atoms with Crippen molar-refractivity contribution in [2.24, 2.45) is 4.99 Å². The molecule has 0 saturated carbocycles. The number of aliphatic imine (C=N–C) groups is 1. The number of carbonyl (C=O) groups is 1. The molecule has 2 aromatic carbocycles. The number of alkyl halides is 3. The largest absolute Gasteiger partial charge is 0.497 e. The lowest BCUT2D eigenvalue weighted by Gasteiger charge is -2.13. The van der Waals surface area contributed by atoms with Gasteiger partial charge in [-0.2, -0.15) is 23.3 Å². The van der Waals surface area contributed by atoms with Crippen molar-refractivity contribution in [3.8, 4) is 5.75 Å². The van der Waals surface area contributed by atoms with Crippen LogP contribution in [0.2, 0.25) is 5.02 Å². The summed E-state index contributed by atoms with van der Waals surface area (Å²) < 4.78 is 60.0. The number of rotatable bonds is 5. The third-order valence-electron chi connectivity index (χ3n) is 4.65. The summed E-state index contributed by atoms with van der Waals surface area (Å²) in [5.41, 5.74) is -0.980. The average molecular weight is 498 g/mol. The third-order valence-corrected chi connectivity index (χ3v) is 4.87. The summed E-state index contributed by atoms with van der Waals surface area (Å²) in [7, 11) is 1.47. The smallest absolute Gasteiger partial charge is 0.435 e. The quantitative estimate of drug-likeness (QED) is 0.275. The number of aromatic nitrogens is 2. The van der Waals surface area contributed by atoms with Gasteiger partial charge in [-0.25, -0.2) is 9.07 Å². The summed E-state index contributed by atoms with van der Waals surface area (Å²) in [5, 5.41) is 8.87. The van der Waals surface area contributed by atoms with Gasteiger partial charge in [-0.3, -0.25) is 10.1 Å². The monoisotopic (exact) mass is 497 g/mol. The van der Waals surface area contributed by atoms with Crippen LogP contribution in [0.5, 0.6) is 5.75 Å². The molecule has 0 bridgehead atoms. The zero-order chi connectivity index (χ0) is 25.0. The number of nitrogens with zero attached hydrogens (tertiary/aromatic N) is 3. The highest BCUT2D eigenvalue weighted by atomic mass is 35.5. The van der Waals surface area contributed by atoms with Crippen molar-refractivity contribution in [1.82, 2.24) is 15.1 Å². The summed E-state index contributed by atoms with van der Waals surface area (Å²) in [6, 6.07) is 9.65. The molecule has 7 nitrogen and oxygen atoms in total. The fraction of sp³-hybridized carbons (Fsp3) is 0.227. The zero-order valence-electron chi connectivity index (χ0n) is 18.3. The second-order valence-corrected chi connectivity index (χ2v) is 7.47. The van der Waals surface area contributed by atoms with Crippen LogP contribution in [-0.4, -0.2) is 28.8 Å². The number of amides is 1. The van der Waals surface area contributed by atoms with Gasteiger partial charge in [0.15, 0.2) is 11.5 Å². The number of benzene rings is 2. The summed E-state index contributed by atoms with van der Waals surface area (Å²) in [4.78, 5) is 17.0. The van der Waals surface area contributed by atoms with Crippen LogP contribution >= 0.6 is 11.6 Å². The average Bonchev–Trinajstić information content (AvgIpc) is 3.08. The number of ether oxygens (including phenoxy) is 1. The molecule has 0 aliphatic rings. The van der Waals surface area contributed by atoms with Gasteiger partial charge < -0.3 is 10.1 Å². The molecular weight excluding hydrogens is 478 g/mol. The van der Waals surface area contributed by atoms with Gasteiger partial charge >= 0.3 is 6.18 Å². The number of hydrogen-bond acceptors (Lipinski definition) is 4. The van der Waals surface area contributed by atoms with Crippen molar-refractivity contribution in [1.29, 1.82) is 0 Å². The number of anilines is 1. The Morgan fingerprint density at radius 2 is 1.88 bits per heavy atom. The van der Waals surface area contributed by atoms with Crippen LogP contribution in [0.15, 0.2) is 47.5 Å². The fourth-order valence-corrected chi connectivity index (χ4v) is 3.27. The molecule has 1 aromatic heterocycles. The SMILES string of the molecule is CCn1nc(C(F)(F)F)c(C)c1N=C(NC(=O)c1ccc(OC)cc1)Nc1cc(F)cc(Cl)c1. The molecule has 0 atom stereocenters. The van der Waals surface area contributed by atoms with Crippen LogP contribution in [0.1, 0.15) is 28.5 Å². The minimum absolute atomic E-state index is 0.0671. The van der Waals surface area contributed by atoms with Gasteiger partial charge in [-0.05, 0) is 56.3 Å². The number of aryl methyl sites for hydroxylation is 1. The van der Waals surface area contributed by atoms with E-state index in [9.17, 15) is 22.4 Å². The number of carbonyl (C=O) groups excluding carboxylic acids is 1. The summed E-state index contributed by atoms with van der Waals surface area (Å²) in [6.07, 6.45) is -4.69. The Hall–Kier alpha value is -3.60. The minimum Gasteiger partial charge on any atom is -0.497 e. The van der Waals surface area contributed by atoms with Crippen LogP contribution < -0.4 is 15.4 Å². The predicted molar refractivity (Wildman–Crippen MR) is 120 cm³/mol. The first-order valence-corrected chi connectivity index (χ1v) is 10.3. The highest BCUT2D eigenvalue weighted by molar-refractivity contribution is 6.31. The third kappa shape index (κ3) is 5.84. The molecule has 180 valence electrons. The van der Waals surface area contributed by atoms with Crippen LogP contribution in [0, 0.1) is 12.7 Å². The van der Waals surface area contributed by atoms with Gasteiger partial charge in [0.1, 0.15) is 11.6 Å². The lowest BCUT2D eigenvalue weighted by Crippen LogP contribution is -2.36. The summed E-state index contributed by atoms with van der Waals surface area (Å²) in [5.74, 6) is -1.14. The van der Waals surface area contributed by atoms with Crippen molar-refractivity contribution < 1.29 is 27.1 Å². The van der Waals surface area contributed by atoms with Crippen LogP contribution in [0.4, 0.5) is 29.1 Å². The molecule has 0 fully saturated rings. The number of methoxy groups -OCH3 is 1. The van der Waals surface area contributed by atoms with E-state index in [0.29, 0.717) is 5.75 Å². The van der Waals surface area contributed by atoms with Crippen LogP contribution in [0.25, 0.3) is 0 Å². The van der Waals surface area contributed by atoms with E-state index in [4.69, 9.17) is 16.3 Å². The van der Waals surface area contributed by atoms with Gasteiger partial charge in [-0.15, -0.1) is 0 Å². The Balaban J connectivity index is 2.04. The molecule has 0 unspecified atom stereocenters. The molecule has 3 rings (SSSR count). The topological polar surface area (TPSA) is 80.5 Å². The van der Waals surface area contributed by atoms with E-state index in [2.05, 4.69) is 20.7 Å². The minimum atomic E-state index is -4.69. The Morgan fingerprint density at radius 1 is 1.21 bits per heavy atom. The molecule has 0 radical (unpaired) electrons. The Bertz CT molecular complexity index is 1200. The number of halogens is 5. The van der Waals surface area contributed by atoms with E-state index in [1.54, 1.807) is 19.1 Å². The highest BCUT2D eigenvalue weighted by Crippen LogP contribution is 2.35. The molecule has 2 N–H and O–H groups in total. The van der Waals surface area contributed by atoms with Gasteiger partial charge in [0.25, 0.3) is 5.91 Å². The zero-order valence-corrected chi connectivity index (χ0v) is 19.1. The summed E-state index contributed by atoms with van der Waals surface area (Å²) in [6.45, 7) is 2.91. The van der Waals surface area contributed by atoms with Gasteiger partial charge in [0.05, 0.1) is 7.11 Å². The first-order valence-electron chi connectivity index (χ1n) is 9.93. The molecule has 1 heterocycles.